The van der Waals surface area contributed by atoms with Crippen molar-refractivity contribution in [2.45, 2.75) is 31.9 Å². The smallest absolute Gasteiger partial charge is 0.338 e. The number of aromatic carboxylic acids is 1. The third kappa shape index (κ3) is 6.02. The molecule has 4 aromatic rings. The Balaban J connectivity index is 1.48. The van der Waals surface area contributed by atoms with Crippen LogP contribution in [0.25, 0.3) is 0 Å². The lowest BCUT2D eigenvalue weighted by Crippen LogP contribution is -2.47. The van der Waals surface area contributed by atoms with Crippen LogP contribution >= 0.6 is 11.3 Å². The standard InChI is InChI=1S/C27H24FN5O5S/c1-27(14-24(34)33-26-31-9-10-39-26)19-13-22(38-17-3-4-18(25(35)36)20(28)12-17)21(11-16(19)5-8-32-27)37-15-23-29-6-2-7-30-23/h2-4,6-7,9-13,32H,5,8,14-15H2,1H3,(H,35,36)(H,31,33,34)/t27-/m1/s1. The molecule has 0 aliphatic carbocycles. The topological polar surface area (TPSA) is 136 Å². The van der Waals surface area contributed by atoms with Gasteiger partial charge in [0.05, 0.1) is 5.56 Å². The Kier molecular flexibility index (Phi) is 7.48. The fourth-order valence-corrected chi connectivity index (χ4v) is 4.96. The molecule has 0 saturated heterocycles. The monoisotopic (exact) mass is 549 g/mol. The SMILES string of the molecule is C[C@]1(CC(=O)Nc2nccs2)NCCc2cc(OCc3ncccn3)c(Oc3ccc(C(=O)O)c(F)c3)cc21. The van der Waals surface area contributed by atoms with Gasteiger partial charge in [0.2, 0.25) is 5.91 Å². The van der Waals surface area contributed by atoms with Gasteiger partial charge in [-0.2, -0.15) is 0 Å². The first-order valence-electron chi connectivity index (χ1n) is 12.0. The Morgan fingerprint density at radius 2 is 1.97 bits per heavy atom. The summed E-state index contributed by atoms with van der Waals surface area (Å²) in [6.07, 6.45) is 5.64. The number of halogens is 1. The normalized spacial score (nSPS) is 16.3. The Labute approximate surface area is 226 Å². The fourth-order valence-electron chi connectivity index (χ4n) is 4.42. The summed E-state index contributed by atoms with van der Waals surface area (Å²) in [5.41, 5.74) is 0.575. The lowest BCUT2D eigenvalue weighted by molar-refractivity contribution is -0.117. The van der Waals surface area contributed by atoms with Gasteiger partial charge >= 0.3 is 5.97 Å². The van der Waals surface area contributed by atoms with Gasteiger partial charge in [-0.1, -0.05) is 0 Å². The van der Waals surface area contributed by atoms with Gasteiger partial charge in [-0.3, -0.25) is 4.79 Å². The molecule has 1 aliphatic heterocycles. The van der Waals surface area contributed by atoms with Crippen LogP contribution in [0.2, 0.25) is 0 Å². The first-order chi connectivity index (χ1) is 18.8. The molecule has 0 fully saturated rings. The number of carboxylic acid groups (broad SMARTS) is 1. The van der Waals surface area contributed by atoms with Crippen molar-refractivity contribution in [2.24, 2.45) is 0 Å². The zero-order valence-electron chi connectivity index (χ0n) is 20.8. The lowest BCUT2D eigenvalue weighted by atomic mass is 9.81. The molecule has 1 atom stereocenters. The highest BCUT2D eigenvalue weighted by Crippen LogP contribution is 2.41. The predicted octanol–water partition coefficient (Wildman–Crippen LogP) is 4.53. The number of fused-ring (bicyclic) bond motifs is 1. The van der Waals surface area contributed by atoms with E-state index in [2.05, 4.69) is 25.6 Å². The second-order valence-corrected chi connectivity index (χ2v) is 9.92. The number of carbonyl (C=O) groups is 2. The van der Waals surface area contributed by atoms with E-state index in [1.165, 1.54) is 17.4 Å². The van der Waals surface area contributed by atoms with E-state index in [1.54, 1.807) is 36.1 Å². The zero-order chi connectivity index (χ0) is 27.4. The number of nitrogens with zero attached hydrogens (tertiary/aromatic N) is 3. The summed E-state index contributed by atoms with van der Waals surface area (Å²) in [6, 6.07) is 8.82. The van der Waals surface area contributed by atoms with E-state index in [1.807, 2.05) is 13.0 Å². The second kappa shape index (κ2) is 11.1. The average molecular weight is 550 g/mol. The van der Waals surface area contributed by atoms with Gasteiger partial charge in [-0.25, -0.2) is 24.1 Å². The molecule has 0 radical (unpaired) electrons. The number of carboxylic acids is 1. The fraction of sp³-hybridized carbons (Fsp3) is 0.222. The number of hydrogen-bond acceptors (Lipinski definition) is 9. The third-order valence-electron chi connectivity index (χ3n) is 6.24. The average Bonchev–Trinajstić information content (AvgIpc) is 3.41. The minimum atomic E-state index is -1.38. The first-order valence-corrected chi connectivity index (χ1v) is 12.9. The van der Waals surface area contributed by atoms with Crippen LogP contribution in [-0.2, 0) is 23.4 Å². The molecule has 2 aromatic heterocycles. The molecular formula is C27H24FN5O5S. The highest BCUT2D eigenvalue weighted by atomic mass is 32.1. The molecule has 0 bridgehead atoms. The summed E-state index contributed by atoms with van der Waals surface area (Å²) in [5, 5.41) is 17.7. The zero-order valence-corrected chi connectivity index (χ0v) is 21.6. The number of rotatable bonds is 9. The van der Waals surface area contributed by atoms with Crippen molar-refractivity contribution in [3.63, 3.8) is 0 Å². The van der Waals surface area contributed by atoms with Crippen molar-refractivity contribution in [1.29, 1.82) is 0 Å². The number of benzene rings is 2. The molecule has 200 valence electrons. The molecule has 0 unspecified atom stereocenters. The maximum Gasteiger partial charge on any atom is 0.338 e. The largest absolute Gasteiger partial charge is 0.482 e. The minimum absolute atomic E-state index is 0.0635. The Morgan fingerprint density at radius 3 is 2.69 bits per heavy atom. The van der Waals surface area contributed by atoms with E-state index in [0.29, 0.717) is 29.7 Å². The molecule has 5 rings (SSSR count). The van der Waals surface area contributed by atoms with Crippen LogP contribution in [-0.4, -0.2) is 38.5 Å². The summed E-state index contributed by atoms with van der Waals surface area (Å²) in [5.74, 6) is -1.32. The number of anilines is 1. The molecular weight excluding hydrogens is 525 g/mol. The Bertz CT molecular complexity index is 1500. The van der Waals surface area contributed by atoms with Gasteiger partial charge < -0.3 is 25.2 Å². The van der Waals surface area contributed by atoms with E-state index in [0.717, 1.165) is 23.3 Å². The number of ether oxygens (including phenoxy) is 2. The second-order valence-electron chi connectivity index (χ2n) is 9.03. The summed E-state index contributed by atoms with van der Waals surface area (Å²) in [6.45, 7) is 2.63. The number of aromatic nitrogens is 3. The molecule has 10 nitrogen and oxygen atoms in total. The molecule has 3 heterocycles. The number of nitrogens with one attached hydrogen (secondary N) is 2. The van der Waals surface area contributed by atoms with Crippen molar-refractivity contribution in [3.8, 4) is 17.2 Å². The summed E-state index contributed by atoms with van der Waals surface area (Å²) >= 11 is 1.33. The summed E-state index contributed by atoms with van der Waals surface area (Å²) in [7, 11) is 0. The molecule has 0 spiro atoms. The van der Waals surface area contributed by atoms with Gasteiger partial charge in [0.25, 0.3) is 0 Å². The number of hydrogen-bond donors (Lipinski definition) is 3. The highest BCUT2D eigenvalue weighted by Gasteiger charge is 2.35. The van der Waals surface area contributed by atoms with Crippen molar-refractivity contribution < 1.29 is 28.6 Å². The molecule has 12 heteroatoms. The van der Waals surface area contributed by atoms with E-state index < -0.39 is 22.9 Å². The van der Waals surface area contributed by atoms with Crippen LogP contribution in [0.4, 0.5) is 9.52 Å². The van der Waals surface area contributed by atoms with E-state index >= 15 is 0 Å². The third-order valence-corrected chi connectivity index (χ3v) is 6.93. The quantitative estimate of drug-likeness (QED) is 0.275. The number of amides is 1. The predicted molar refractivity (Wildman–Crippen MR) is 141 cm³/mol. The van der Waals surface area contributed by atoms with Crippen LogP contribution in [0.15, 0.2) is 60.4 Å². The minimum Gasteiger partial charge on any atom is -0.482 e. The maximum atomic E-state index is 14.4. The van der Waals surface area contributed by atoms with Gasteiger partial charge in [0.1, 0.15) is 18.2 Å². The van der Waals surface area contributed by atoms with Crippen molar-refractivity contribution in [2.75, 3.05) is 11.9 Å². The molecule has 39 heavy (non-hydrogen) atoms. The summed E-state index contributed by atoms with van der Waals surface area (Å²) < 4.78 is 26.5. The maximum absolute atomic E-state index is 14.4. The van der Waals surface area contributed by atoms with Gasteiger partial charge in [0.15, 0.2) is 22.5 Å². The Morgan fingerprint density at radius 1 is 1.15 bits per heavy atom. The molecule has 1 amide bonds. The molecule has 3 N–H and O–H groups in total. The molecule has 1 aliphatic rings. The molecule has 2 aromatic carbocycles. The van der Waals surface area contributed by atoms with E-state index in [-0.39, 0.29) is 30.4 Å². The van der Waals surface area contributed by atoms with Crippen LogP contribution in [0.1, 0.15) is 40.7 Å². The number of thiazole rings is 1. The van der Waals surface area contributed by atoms with Crippen molar-refractivity contribution in [3.05, 3.63) is 88.7 Å². The van der Waals surface area contributed by atoms with Gasteiger partial charge in [-0.05, 0) is 54.8 Å². The van der Waals surface area contributed by atoms with E-state index in [4.69, 9.17) is 14.6 Å². The van der Waals surface area contributed by atoms with E-state index in [9.17, 15) is 14.0 Å². The highest BCUT2D eigenvalue weighted by molar-refractivity contribution is 7.13. The van der Waals surface area contributed by atoms with Gasteiger partial charge in [0, 0.05) is 48.5 Å². The van der Waals surface area contributed by atoms with Crippen molar-refractivity contribution in [1.82, 2.24) is 20.3 Å². The lowest BCUT2D eigenvalue weighted by Gasteiger charge is -2.37. The van der Waals surface area contributed by atoms with Crippen molar-refractivity contribution >= 4 is 28.3 Å². The van der Waals surface area contributed by atoms with Crippen LogP contribution < -0.4 is 20.1 Å². The summed E-state index contributed by atoms with van der Waals surface area (Å²) in [4.78, 5) is 36.6. The molecule has 0 saturated carbocycles. The van der Waals surface area contributed by atoms with Crippen LogP contribution in [0.3, 0.4) is 0 Å². The Hall–Kier alpha value is -4.42. The van der Waals surface area contributed by atoms with Crippen LogP contribution in [0, 0.1) is 5.82 Å². The van der Waals surface area contributed by atoms with Crippen LogP contribution in [0.5, 0.6) is 17.2 Å². The first kappa shape index (κ1) is 26.2. The van der Waals surface area contributed by atoms with Gasteiger partial charge in [-0.15, -0.1) is 11.3 Å². The number of carbonyl (C=O) groups excluding carboxylic acids is 1.